The molecule has 1 unspecified atom stereocenters. The number of likely N-dealkylation sites (N-methyl/N-ethyl adjacent to an activating group) is 1. The van der Waals surface area contributed by atoms with Gasteiger partial charge in [0.2, 0.25) is 11.8 Å². The number of carbonyl (C=O) groups is 3. The van der Waals surface area contributed by atoms with Gasteiger partial charge in [-0.3, -0.25) is 14.4 Å². The smallest absolute Gasteiger partial charge is 0.253 e. The lowest BCUT2D eigenvalue weighted by Gasteiger charge is -2.41. The van der Waals surface area contributed by atoms with Crippen LogP contribution < -0.4 is 4.90 Å². The van der Waals surface area contributed by atoms with E-state index in [-0.39, 0.29) is 24.3 Å². The van der Waals surface area contributed by atoms with Gasteiger partial charge in [-0.15, -0.1) is 0 Å². The summed E-state index contributed by atoms with van der Waals surface area (Å²) in [4.78, 5) is 48.5. The number of likely N-dealkylation sites (tertiary alicyclic amines) is 1. The molecule has 4 heterocycles. The van der Waals surface area contributed by atoms with Crippen molar-refractivity contribution in [2.75, 3.05) is 31.6 Å². The number of benzene rings is 2. The van der Waals surface area contributed by atoms with Crippen LogP contribution in [-0.4, -0.2) is 76.6 Å². The zero-order valence-corrected chi connectivity index (χ0v) is 24.0. The predicted octanol–water partition coefficient (Wildman–Crippen LogP) is 3.33. The van der Waals surface area contributed by atoms with Gasteiger partial charge in [-0.05, 0) is 37.0 Å². The third kappa shape index (κ3) is 3.84. The normalized spacial score (nSPS) is 31.6. The molecule has 4 aliphatic heterocycles. The number of hydrogen-bond acceptors (Lipinski definition) is 5. The lowest BCUT2D eigenvalue weighted by atomic mass is 9.73. The standard InChI is InChI=1S/C33H37N3O5/c1-5-32-16-10-18-34(4)29(38)25(32)26-30(39)36(24(20-37)23-14-7-6-8-15-23)28-31(40)35(19-11-17-33(26,28)41-32)27-21(2)12-9-13-22(27)3/h6-17,24-26,28,37H,5,18-20H2,1-4H3/t24-,25+,26+,28?,32-,33+/m1/s1. The molecule has 8 nitrogen and oxygen atoms in total. The van der Waals surface area contributed by atoms with E-state index in [0.29, 0.717) is 25.1 Å². The largest absolute Gasteiger partial charge is 0.394 e. The molecule has 0 saturated carbocycles. The van der Waals surface area contributed by atoms with Gasteiger partial charge < -0.3 is 24.5 Å². The van der Waals surface area contributed by atoms with E-state index in [0.717, 1.165) is 16.8 Å². The predicted molar refractivity (Wildman–Crippen MR) is 155 cm³/mol. The molecule has 1 N–H and O–H groups in total. The third-order valence-corrected chi connectivity index (χ3v) is 9.48. The second-order valence-electron chi connectivity index (χ2n) is 11.7. The Hall–Kier alpha value is -3.75. The number of amides is 3. The van der Waals surface area contributed by atoms with Crippen LogP contribution in [0.5, 0.6) is 0 Å². The van der Waals surface area contributed by atoms with E-state index in [2.05, 4.69) is 0 Å². The number of anilines is 1. The van der Waals surface area contributed by atoms with Crippen LogP contribution >= 0.6 is 0 Å². The van der Waals surface area contributed by atoms with Crippen molar-refractivity contribution in [2.45, 2.75) is 50.5 Å². The maximum Gasteiger partial charge on any atom is 0.253 e. The summed E-state index contributed by atoms with van der Waals surface area (Å²) in [5.41, 5.74) is 0.971. The quantitative estimate of drug-likeness (QED) is 0.572. The lowest BCUT2D eigenvalue weighted by Crippen LogP contribution is -2.57. The number of hydrogen-bond donors (Lipinski definition) is 1. The van der Waals surface area contributed by atoms with Gasteiger partial charge in [-0.1, -0.05) is 79.8 Å². The number of aliphatic hydroxyl groups excluding tert-OH is 1. The summed E-state index contributed by atoms with van der Waals surface area (Å²) in [7, 11) is 1.73. The maximum atomic E-state index is 14.9. The van der Waals surface area contributed by atoms with Crippen LogP contribution in [0.2, 0.25) is 0 Å². The summed E-state index contributed by atoms with van der Waals surface area (Å²) in [5, 5.41) is 10.7. The zero-order chi connectivity index (χ0) is 29.1. The first-order chi connectivity index (χ1) is 19.7. The number of aryl methyl sites for hydroxylation is 2. The topological polar surface area (TPSA) is 90.4 Å². The molecule has 214 valence electrons. The Morgan fingerprint density at radius 2 is 1.59 bits per heavy atom. The number of carbonyl (C=O) groups excluding carboxylic acids is 3. The molecule has 3 amide bonds. The summed E-state index contributed by atoms with van der Waals surface area (Å²) in [6.07, 6.45) is 8.07. The van der Waals surface area contributed by atoms with E-state index in [1.54, 1.807) is 16.8 Å². The van der Waals surface area contributed by atoms with Gasteiger partial charge in [0, 0.05) is 25.8 Å². The Balaban J connectivity index is 1.58. The zero-order valence-electron chi connectivity index (χ0n) is 24.0. The van der Waals surface area contributed by atoms with Gasteiger partial charge in [0.1, 0.15) is 11.6 Å². The van der Waals surface area contributed by atoms with Crippen molar-refractivity contribution in [3.8, 4) is 0 Å². The molecule has 2 saturated heterocycles. The molecule has 8 heteroatoms. The molecule has 2 fully saturated rings. The molecule has 1 spiro atoms. The first-order valence-electron chi connectivity index (χ1n) is 14.4. The van der Waals surface area contributed by atoms with Crippen molar-refractivity contribution >= 4 is 23.4 Å². The summed E-state index contributed by atoms with van der Waals surface area (Å²) in [6.45, 7) is 6.22. The fraction of sp³-hybridized carbons (Fsp3) is 0.424. The van der Waals surface area contributed by atoms with Crippen LogP contribution in [0.4, 0.5) is 5.69 Å². The number of rotatable bonds is 5. The highest BCUT2D eigenvalue weighted by Crippen LogP contribution is 2.59. The van der Waals surface area contributed by atoms with Gasteiger partial charge in [0.05, 0.1) is 30.1 Å². The minimum atomic E-state index is -1.39. The molecule has 0 aliphatic carbocycles. The molecular formula is C33H37N3O5. The summed E-state index contributed by atoms with van der Waals surface area (Å²) in [5.74, 6) is -2.55. The van der Waals surface area contributed by atoms with E-state index in [9.17, 15) is 19.5 Å². The van der Waals surface area contributed by atoms with Crippen molar-refractivity contribution in [1.82, 2.24) is 9.80 Å². The number of ether oxygens (including phenoxy) is 1. The van der Waals surface area contributed by atoms with Gasteiger partial charge in [-0.25, -0.2) is 0 Å². The molecule has 0 bridgehead atoms. The molecule has 6 atom stereocenters. The van der Waals surface area contributed by atoms with Gasteiger partial charge in [0.15, 0.2) is 0 Å². The van der Waals surface area contributed by atoms with Crippen LogP contribution in [0.3, 0.4) is 0 Å². The highest BCUT2D eigenvalue weighted by Gasteiger charge is 2.76. The molecule has 6 rings (SSSR count). The molecule has 0 radical (unpaired) electrons. The van der Waals surface area contributed by atoms with Crippen LogP contribution in [0.1, 0.15) is 36.1 Å². The molecule has 4 aliphatic rings. The Bertz CT molecular complexity index is 1430. The number of fused-ring (bicyclic) bond motifs is 2. The maximum absolute atomic E-state index is 14.9. The second-order valence-corrected chi connectivity index (χ2v) is 11.7. The monoisotopic (exact) mass is 555 g/mol. The van der Waals surface area contributed by atoms with Crippen LogP contribution in [0, 0.1) is 25.7 Å². The van der Waals surface area contributed by atoms with Gasteiger partial charge in [-0.2, -0.15) is 0 Å². The SMILES string of the molecule is CC[C@@]12C=CCN(C)C(=O)[C@@H]1[C@H]1C(=O)N([C@H](CO)c3ccccc3)C3C(=O)N(c4c(C)cccc4C)CC=C[C@@]31O2. The minimum absolute atomic E-state index is 0.176. The molecule has 2 aromatic rings. The number of nitrogens with zero attached hydrogens (tertiary/aromatic N) is 3. The summed E-state index contributed by atoms with van der Waals surface area (Å²) in [6, 6.07) is 13.3. The van der Waals surface area contributed by atoms with Crippen molar-refractivity contribution in [2.24, 2.45) is 11.8 Å². The average molecular weight is 556 g/mol. The van der Waals surface area contributed by atoms with Crippen molar-refractivity contribution in [1.29, 1.82) is 0 Å². The van der Waals surface area contributed by atoms with E-state index in [1.807, 2.05) is 93.6 Å². The van der Waals surface area contributed by atoms with Crippen LogP contribution in [0.15, 0.2) is 72.8 Å². The highest BCUT2D eigenvalue weighted by molar-refractivity contribution is 6.06. The highest BCUT2D eigenvalue weighted by atomic mass is 16.5. The Morgan fingerprint density at radius 1 is 0.902 bits per heavy atom. The van der Waals surface area contributed by atoms with E-state index >= 15 is 0 Å². The van der Waals surface area contributed by atoms with Gasteiger partial charge >= 0.3 is 0 Å². The van der Waals surface area contributed by atoms with Gasteiger partial charge in [0.25, 0.3) is 5.91 Å². The second kappa shape index (κ2) is 9.96. The molecule has 2 aromatic carbocycles. The first-order valence-corrected chi connectivity index (χ1v) is 14.4. The number of para-hydroxylation sites is 1. The average Bonchev–Trinajstić information content (AvgIpc) is 3.27. The lowest BCUT2D eigenvalue weighted by molar-refractivity contribution is -0.152. The summed E-state index contributed by atoms with van der Waals surface area (Å²) >= 11 is 0. The first kappa shape index (κ1) is 27.4. The molecule has 41 heavy (non-hydrogen) atoms. The van der Waals surface area contributed by atoms with E-state index in [1.165, 1.54) is 4.90 Å². The van der Waals surface area contributed by atoms with Crippen molar-refractivity contribution < 1.29 is 24.2 Å². The molecule has 0 aromatic heterocycles. The fourth-order valence-electron chi connectivity index (χ4n) is 7.62. The van der Waals surface area contributed by atoms with Crippen molar-refractivity contribution in [3.63, 3.8) is 0 Å². The Morgan fingerprint density at radius 3 is 2.24 bits per heavy atom. The fourth-order valence-corrected chi connectivity index (χ4v) is 7.62. The number of aliphatic hydroxyl groups is 1. The Kier molecular flexibility index (Phi) is 6.66. The molecular weight excluding hydrogens is 518 g/mol. The van der Waals surface area contributed by atoms with Crippen LogP contribution in [-0.2, 0) is 19.1 Å². The van der Waals surface area contributed by atoms with E-state index in [4.69, 9.17) is 4.74 Å². The third-order valence-electron chi connectivity index (χ3n) is 9.48. The van der Waals surface area contributed by atoms with Crippen LogP contribution in [0.25, 0.3) is 0 Å². The minimum Gasteiger partial charge on any atom is -0.394 e. The van der Waals surface area contributed by atoms with E-state index < -0.39 is 35.1 Å². The van der Waals surface area contributed by atoms with Crippen molar-refractivity contribution in [3.05, 3.63) is 89.5 Å². The Labute approximate surface area is 240 Å². The summed E-state index contributed by atoms with van der Waals surface area (Å²) < 4.78 is 7.03.